The topological polar surface area (TPSA) is 127 Å². The minimum absolute atomic E-state index is 0.0574. The number of carbonyl (C=O) groups excluding carboxylic acids is 4. The Morgan fingerprint density at radius 2 is 1.60 bits per heavy atom. The summed E-state index contributed by atoms with van der Waals surface area (Å²) < 4.78 is 33.3. The van der Waals surface area contributed by atoms with Crippen LogP contribution in [0.4, 0.5) is 4.79 Å². The van der Waals surface area contributed by atoms with Crippen LogP contribution in [0.5, 0.6) is 0 Å². The standard InChI is InChI=1S/C24H31NO10/c1-14(26)32-20-11-19(35-22(34-16(3)28)21(20)33-15(2)27)18-13-31-24(4,5)25(18)23(29)30-12-17-9-7-6-8-10-17/h6-10,18-22H,11-13H2,1-5H3/t18-,19+,20-,21-,22?/m1/s1. The zero-order chi connectivity index (χ0) is 25.8. The number of benzene rings is 1. The van der Waals surface area contributed by atoms with Gasteiger partial charge in [-0.05, 0) is 19.4 Å². The van der Waals surface area contributed by atoms with Crippen LogP contribution in [0.1, 0.15) is 46.6 Å². The SMILES string of the molecule is CC(=O)OC1O[C@H]([C@H]2COC(C)(C)N2C(=O)OCc2ccccc2)C[C@@H](OC(C)=O)[C@H]1OC(C)=O. The van der Waals surface area contributed by atoms with E-state index in [0.717, 1.165) is 5.56 Å². The van der Waals surface area contributed by atoms with Gasteiger partial charge in [0.15, 0.2) is 0 Å². The number of nitrogens with zero attached hydrogens (tertiary/aromatic N) is 1. The molecule has 2 aliphatic heterocycles. The first kappa shape index (κ1) is 26.4. The largest absolute Gasteiger partial charge is 0.458 e. The Labute approximate surface area is 203 Å². The van der Waals surface area contributed by atoms with E-state index >= 15 is 0 Å². The van der Waals surface area contributed by atoms with E-state index in [1.54, 1.807) is 13.8 Å². The lowest BCUT2D eigenvalue weighted by Gasteiger charge is -2.43. The third-order valence-electron chi connectivity index (χ3n) is 5.66. The predicted molar refractivity (Wildman–Crippen MR) is 118 cm³/mol. The van der Waals surface area contributed by atoms with Crippen molar-refractivity contribution in [2.75, 3.05) is 6.61 Å². The highest BCUT2D eigenvalue weighted by Gasteiger charge is 2.54. The monoisotopic (exact) mass is 493 g/mol. The van der Waals surface area contributed by atoms with Crippen molar-refractivity contribution in [1.82, 2.24) is 4.90 Å². The molecule has 2 heterocycles. The highest BCUT2D eigenvalue weighted by atomic mass is 16.7. The van der Waals surface area contributed by atoms with Gasteiger partial charge in [-0.1, -0.05) is 30.3 Å². The van der Waals surface area contributed by atoms with E-state index in [2.05, 4.69) is 0 Å². The molecule has 11 nitrogen and oxygen atoms in total. The molecule has 0 bridgehead atoms. The number of carbonyl (C=O) groups is 4. The van der Waals surface area contributed by atoms with Crippen LogP contribution in [0.3, 0.4) is 0 Å². The van der Waals surface area contributed by atoms with Gasteiger partial charge in [0.05, 0.1) is 18.8 Å². The van der Waals surface area contributed by atoms with E-state index in [0.29, 0.717) is 0 Å². The lowest BCUT2D eigenvalue weighted by atomic mass is 9.96. The number of rotatable bonds is 6. The van der Waals surface area contributed by atoms with Crippen molar-refractivity contribution in [3.8, 4) is 0 Å². The van der Waals surface area contributed by atoms with Gasteiger partial charge in [-0.2, -0.15) is 0 Å². The summed E-state index contributed by atoms with van der Waals surface area (Å²) in [5.41, 5.74) is -0.208. The lowest BCUT2D eigenvalue weighted by molar-refractivity contribution is -0.272. The molecule has 2 saturated heterocycles. The molecule has 0 radical (unpaired) electrons. The van der Waals surface area contributed by atoms with Gasteiger partial charge < -0.3 is 28.4 Å². The average molecular weight is 494 g/mol. The highest BCUT2D eigenvalue weighted by Crippen LogP contribution is 2.36. The van der Waals surface area contributed by atoms with E-state index in [9.17, 15) is 19.2 Å². The molecule has 1 amide bonds. The first-order chi connectivity index (χ1) is 16.5. The Bertz CT molecular complexity index is 907. The first-order valence-corrected chi connectivity index (χ1v) is 11.3. The van der Waals surface area contributed by atoms with Crippen LogP contribution in [-0.2, 0) is 49.4 Å². The second-order valence-corrected chi connectivity index (χ2v) is 8.85. The Hall–Kier alpha value is -3.18. The summed E-state index contributed by atoms with van der Waals surface area (Å²) in [6.07, 6.45) is -4.87. The second kappa shape index (κ2) is 11.0. The molecule has 1 aromatic carbocycles. The highest BCUT2D eigenvalue weighted by molar-refractivity contribution is 5.70. The molecule has 2 fully saturated rings. The van der Waals surface area contributed by atoms with Crippen LogP contribution in [0.15, 0.2) is 30.3 Å². The molecular weight excluding hydrogens is 462 g/mol. The van der Waals surface area contributed by atoms with Gasteiger partial charge in [0.1, 0.15) is 18.4 Å². The summed E-state index contributed by atoms with van der Waals surface area (Å²) in [6, 6.07) is 8.55. The quantitative estimate of drug-likeness (QED) is 0.430. The van der Waals surface area contributed by atoms with Gasteiger partial charge in [-0.25, -0.2) is 4.79 Å². The average Bonchev–Trinajstić information content (AvgIpc) is 3.09. The van der Waals surface area contributed by atoms with Gasteiger partial charge in [0, 0.05) is 27.2 Å². The summed E-state index contributed by atoms with van der Waals surface area (Å²) in [5.74, 6) is -1.96. The summed E-state index contributed by atoms with van der Waals surface area (Å²) in [7, 11) is 0. The number of amides is 1. The van der Waals surface area contributed by atoms with Crippen LogP contribution in [0, 0.1) is 0 Å². The molecule has 2 aliphatic rings. The summed E-state index contributed by atoms with van der Waals surface area (Å²) in [5, 5.41) is 0. The minimum atomic E-state index is -1.36. The molecule has 0 aliphatic carbocycles. The maximum Gasteiger partial charge on any atom is 0.412 e. The second-order valence-electron chi connectivity index (χ2n) is 8.85. The number of hydrogen-bond acceptors (Lipinski definition) is 10. The number of ether oxygens (including phenoxy) is 6. The van der Waals surface area contributed by atoms with Crippen molar-refractivity contribution >= 4 is 24.0 Å². The van der Waals surface area contributed by atoms with E-state index in [1.807, 2.05) is 30.3 Å². The third-order valence-corrected chi connectivity index (χ3v) is 5.66. The van der Waals surface area contributed by atoms with Crippen LogP contribution in [-0.4, -0.2) is 71.9 Å². The molecule has 5 atom stereocenters. The number of esters is 3. The zero-order valence-electron chi connectivity index (χ0n) is 20.4. The lowest BCUT2D eigenvalue weighted by Crippen LogP contribution is -2.60. The van der Waals surface area contributed by atoms with Crippen molar-refractivity contribution in [2.45, 2.75) is 84.0 Å². The molecule has 0 saturated carbocycles. The zero-order valence-corrected chi connectivity index (χ0v) is 20.4. The van der Waals surface area contributed by atoms with Crippen molar-refractivity contribution < 1.29 is 47.6 Å². The molecule has 0 aromatic heterocycles. The van der Waals surface area contributed by atoms with E-state index in [4.69, 9.17) is 28.4 Å². The molecule has 0 spiro atoms. The molecule has 1 unspecified atom stereocenters. The van der Waals surface area contributed by atoms with Crippen molar-refractivity contribution in [1.29, 1.82) is 0 Å². The van der Waals surface area contributed by atoms with Crippen molar-refractivity contribution in [3.05, 3.63) is 35.9 Å². The van der Waals surface area contributed by atoms with Gasteiger partial charge in [-0.3, -0.25) is 19.3 Å². The third kappa shape index (κ3) is 6.70. The fourth-order valence-corrected chi connectivity index (χ4v) is 4.25. The van der Waals surface area contributed by atoms with Crippen LogP contribution < -0.4 is 0 Å². The Morgan fingerprint density at radius 3 is 2.20 bits per heavy atom. The smallest absolute Gasteiger partial charge is 0.412 e. The predicted octanol–water partition coefficient (Wildman–Crippen LogP) is 2.30. The van der Waals surface area contributed by atoms with Gasteiger partial charge >= 0.3 is 24.0 Å². The Kier molecular flexibility index (Phi) is 8.34. The Balaban J connectivity index is 1.83. The molecule has 1 aromatic rings. The molecule has 0 N–H and O–H groups in total. The Morgan fingerprint density at radius 1 is 0.971 bits per heavy atom. The molecule has 11 heteroatoms. The van der Waals surface area contributed by atoms with Crippen molar-refractivity contribution in [2.24, 2.45) is 0 Å². The van der Waals surface area contributed by atoms with Crippen LogP contribution in [0.25, 0.3) is 0 Å². The summed E-state index contributed by atoms with van der Waals surface area (Å²) >= 11 is 0. The molecular formula is C24H31NO10. The minimum Gasteiger partial charge on any atom is -0.458 e. The van der Waals surface area contributed by atoms with E-state index < -0.39 is 60.4 Å². The normalized spacial score (nSPS) is 27.6. The first-order valence-electron chi connectivity index (χ1n) is 11.3. The van der Waals surface area contributed by atoms with Gasteiger partial charge in [0.25, 0.3) is 0 Å². The van der Waals surface area contributed by atoms with Crippen LogP contribution in [0.2, 0.25) is 0 Å². The van der Waals surface area contributed by atoms with Crippen molar-refractivity contribution in [3.63, 3.8) is 0 Å². The molecule has 35 heavy (non-hydrogen) atoms. The maximum absolute atomic E-state index is 13.1. The maximum atomic E-state index is 13.1. The molecule has 192 valence electrons. The summed E-state index contributed by atoms with van der Waals surface area (Å²) in [6.45, 7) is 7.15. The van der Waals surface area contributed by atoms with E-state index in [-0.39, 0.29) is 19.6 Å². The fourth-order valence-electron chi connectivity index (χ4n) is 4.25. The van der Waals surface area contributed by atoms with Crippen LogP contribution >= 0.6 is 0 Å². The van der Waals surface area contributed by atoms with E-state index in [1.165, 1.54) is 25.7 Å². The molecule has 3 rings (SSSR count). The fraction of sp³-hybridized carbons (Fsp3) is 0.583. The van der Waals surface area contributed by atoms with Gasteiger partial charge in [0.2, 0.25) is 12.4 Å². The van der Waals surface area contributed by atoms with Gasteiger partial charge in [-0.15, -0.1) is 0 Å². The summed E-state index contributed by atoms with van der Waals surface area (Å²) in [4.78, 5) is 49.8. The number of hydrogen-bond donors (Lipinski definition) is 0.